The molecule has 4 bridgehead atoms. The van der Waals surface area contributed by atoms with E-state index in [1.807, 2.05) is 24.3 Å². The number of anilines is 1. The Kier molecular flexibility index (Phi) is 5.65. The molecule has 5 nitrogen and oxygen atoms in total. The van der Waals surface area contributed by atoms with Gasteiger partial charge in [-0.3, -0.25) is 4.79 Å². The second-order valence-corrected chi connectivity index (χ2v) is 10.4. The number of nitrogens with one attached hydrogen (secondary N) is 2. The molecule has 1 aliphatic heterocycles. The fourth-order valence-electron chi connectivity index (χ4n) is 7.00. The van der Waals surface area contributed by atoms with Gasteiger partial charge in [0, 0.05) is 24.4 Å². The molecule has 1 heterocycles. The molecule has 0 unspecified atom stereocenters. The van der Waals surface area contributed by atoms with Gasteiger partial charge in [0.2, 0.25) is 5.91 Å². The maximum absolute atomic E-state index is 12.7. The maximum atomic E-state index is 12.7. The SMILES string of the molecule is C[C@@H](NC(=O)CNc1cccc(OC[C@@H]2CCCO2)c1)C12CC3CC(CC(C3)C1)C2. The minimum absolute atomic E-state index is 0.0870. The van der Waals surface area contributed by atoms with Gasteiger partial charge in [-0.15, -0.1) is 0 Å². The lowest BCUT2D eigenvalue weighted by Crippen LogP contribution is -2.56. The van der Waals surface area contributed by atoms with Crippen molar-refractivity contribution in [2.75, 3.05) is 25.1 Å². The first-order valence-electron chi connectivity index (χ1n) is 12.0. The van der Waals surface area contributed by atoms with Crippen LogP contribution in [0.2, 0.25) is 0 Å². The molecule has 164 valence electrons. The van der Waals surface area contributed by atoms with Crippen molar-refractivity contribution in [1.82, 2.24) is 5.32 Å². The molecule has 5 aliphatic rings. The van der Waals surface area contributed by atoms with Gasteiger partial charge in [0.15, 0.2) is 0 Å². The molecule has 4 aliphatic carbocycles. The third-order valence-electron chi connectivity index (χ3n) is 8.13. The first kappa shape index (κ1) is 20.2. The van der Waals surface area contributed by atoms with E-state index in [4.69, 9.17) is 9.47 Å². The zero-order chi connectivity index (χ0) is 20.6. The van der Waals surface area contributed by atoms with Crippen molar-refractivity contribution >= 4 is 11.6 Å². The van der Waals surface area contributed by atoms with Gasteiger partial charge in [0.25, 0.3) is 0 Å². The first-order valence-corrected chi connectivity index (χ1v) is 12.0. The van der Waals surface area contributed by atoms with E-state index in [0.29, 0.717) is 18.6 Å². The Balaban J connectivity index is 1.11. The Morgan fingerprint density at radius 3 is 2.60 bits per heavy atom. The summed E-state index contributed by atoms with van der Waals surface area (Å²) < 4.78 is 11.5. The molecular weight excluding hydrogens is 376 g/mol. The minimum atomic E-state index is 0.0870. The summed E-state index contributed by atoms with van der Waals surface area (Å²) >= 11 is 0. The topological polar surface area (TPSA) is 59.6 Å². The Morgan fingerprint density at radius 1 is 1.20 bits per heavy atom. The van der Waals surface area contributed by atoms with Gasteiger partial charge in [-0.05, 0) is 93.6 Å². The van der Waals surface area contributed by atoms with Crippen LogP contribution in [-0.4, -0.2) is 37.8 Å². The second kappa shape index (κ2) is 8.41. The summed E-state index contributed by atoms with van der Waals surface area (Å²) in [7, 11) is 0. The maximum Gasteiger partial charge on any atom is 0.239 e. The third-order valence-corrected chi connectivity index (χ3v) is 8.13. The van der Waals surface area contributed by atoms with Crippen LogP contribution in [0.5, 0.6) is 5.75 Å². The van der Waals surface area contributed by atoms with Crippen molar-refractivity contribution in [3.8, 4) is 5.75 Å². The zero-order valence-corrected chi connectivity index (χ0v) is 18.2. The molecule has 1 amide bonds. The van der Waals surface area contributed by atoms with Crippen molar-refractivity contribution in [3.63, 3.8) is 0 Å². The number of hydrogen-bond donors (Lipinski definition) is 2. The third kappa shape index (κ3) is 4.32. The summed E-state index contributed by atoms with van der Waals surface area (Å²) in [5.41, 5.74) is 1.26. The van der Waals surface area contributed by atoms with E-state index in [-0.39, 0.29) is 18.1 Å². The Labute approximate surface area is 180 Å². The van der Waals surface area contributed by atoms with Crippen molar-refractivity contribution < 1.29 is 14.3 Å². The molecule has 1 saturated heterocycles. The molecule has 2 atom stereocenters. The van der Waals surface area contributed by atoms with Gasteiger partial charge in [0.1, 0.15) is 12.4 Å². The molecule has 5 heteroatoms. The van der Waals surface area contributed by atoms with E-state index in [1.54, 1.807) is 0 Å². The van der Waals surface area contributed by atoms with E-state index in [9.17, 15) is 4.79 Å². The summed E-state index contributed by atoms with van der Waals surface area (Å²) in [4.78, 5) is 12.7. The number of amides is 1. The van der Waals surface area contributed by atoms with Crippen LogP contribution < -0.4 is 15.4 Å². The summed E-state index contributed by atoms with van der Waals surface area (Å²) in [6.07, 6.45) is 10.7. The van der Waals surface area contributed by atoms with Crippen LogP contribution in [0.25, 0.3) is 0 Å². The fourth-order valence-corrected chi connectivity index (χ4v) is 7.00. The Bertz CT molecular complexity index is 723. The largest absolute Gasteiger partial charge is 0.491 e. The number of carbonyl (C=O) groups excluding carboxylic acids is 1. The molecule has 1 aromatic rings. The quantitative estimate of drug-likeness (QED) is 0.665. The average molecular weight is 413 g/mol. The molecule has 30 heavy (non-hydrogen) atoms. The predicted octanol–water partition coefficient (Wildman–Crippen LogP) is 4.38. The lowest BCUT2D eigenvalue weighted by atomic mass is 9.48. The number of ether oxygens (including phenoxy) is 2. The molecule has 4 saturated carbocycles. The normalized spacial score (nSPS) is 35.2. The summed E-state index contributed by atoms with van der Waals surface area (Å²) in [6.45, 7) is 3.97. The van der Waals surface area contributed by atoms with Crippen LogP contribution in [-0.2, 0) is 9.53 Å². The molecule has 0 radical (unpaired) electrons. The van der Waals surface area contributed by atoms with Crippen molar-refractivity contribution in [2.45, 2.75) is 70.4 Å². The number of rotatable bonds is 8. The fraction of sp³-hybridized carbons (Fsp3) is 0.720. The van der Waals surface area contributed by atoms with E-state index < -0.39 is 0 Å². The summed E-state index contributed by atoms with van der Waals surface area (Å²) in [5.74, 6) is 3.63. The highest BCUT2D eigenvalue weighted by Crippen LogP contribution is 2.61. The lowest BCUT2D eigenvalue weighted by molar-refractivity contribution is -0.124. The molecule has 5 fully saturated rings. The Hall–Kier alpha value is -1.75. The van der Waals surface area contributed by atoms with Gasteiger partial charge in [-0.1, -0.05) is 6.07 Å². The number of benzene rings is 1. The highest BCUT2D eigenvalue weighted by Gasteiger charge is 2.53. The average Bonchev–Trinajstić information content (AvgIpc) is 3.24. The van der Waals surface area contributed by atoms with Gasteiger partial charge in [-0.2, -0.15) is 0 Å². The number of hydrogen-bond acceptors (Lipinski definition) is 4. The van der Waals surface area contributed by atoms with Crippen LogP contribution >= 0.6 is 0 Å². The van der Waals surface area contributed by atoms with Crippen LogP contribution in [0.1, 0.15) is 58.3 Å². The lowest BCUT2D eigenvalue weighted by Gasteiger charge is -2.59. The molecule has 1 aromatic carbocycles. The van der Waals surface area contributed by atoms with Gasteiger partial charge in [0.05, 0.1) is 12.6 Å². The standard InChI is InChI=1S/C25H36N2O3/c1-17(25-12-18-8-19(13-25)10-20(9-18)14-25)27-24(28)15-26-21-4-2-5-22(11-21)30-16-23-6-3-7-29-23/h2,4-5,11,17-20,23,26H,3,6-10,12-16H2,1H3,(H,27,28)/t17-,18?,19?,20?,23+,25?/m1/s1. The van der Waals surface area contributed by atoms with Gasteiger partial charge < -0.3 is 20.1 Å². The first-order chi connectivity index (χ1) is 14.6. The van der Waals surface area contributed by atoms with Gasteiger partial charge >= 0.3 is 0 Å². The highest BCUT2D eigenvalue weighted by molar-refractivity contribution is 5.81. The van der Waals surface area contributed by atoms with E-state index in [1.165, 1.54) is 38.5 Å². The van der Waals surface area contributed by atoms with Crippen LogP contribution in [0.3, 0.4) is 0 Å². The van der Waals surface area contributed by atoms with Crippen molar-refractivity contribution in [2.24, 2.45) is 23.2 Å². The molecule has 2 N–H and O–H groups in total. The molecule has 0 aromatic heterocycles. The minimum Gasteiger partial charge on any atom is -0.491 e. The molecule has 0 spiro atoms. The summed E-state index contributed by atoms with van der Waals surface area (Å²) in [5, 5.41) is 6.60. The zero-order valence-electron chi connectivity index (χ0n) is 18.2. The van der Waals surface area contributed by atoms with E-state index in [2.05, 4.69) is 17.6 Å². The van der Waals surface area contributed by atoms with E-state index in [0.717, 1.165) is 48.6 Å². The van der Waals surface area contributed by atoms with Crippen LogP contribution in [0.4, 0.5) is 5.69 Å². The highest BCUT2D eigenvalue weighted by atomic mass is 16.5. The molecule has 6 rings (SSSR count). The summed E-state index contributed by atoms with van der Waals surface area (Å²) in [6, 6.07) is 8.12. The smallest absolute Gasteiger partial charge is 0.239 e. The monoisotopic (exact) mass is 412 g/mol. The van der Waals surface area contributed by atoms with Crippen LogP contribution in [0.15, 0.2) is 24.3 Å². The Morgan fingerprint density at radius 2 is 1.93 bits per heavy atom. The number of carbonyl (C=O) groups is 1. The van der Waals surface area contributed by atoms with E-state index >= 15 is 0 Å². The van der Waals surface area contributed by atoms with Crippen molar-refractivity contribution in [1.29, 1.82) is 0 Å². The molecular formula is C25H36N2O3. The van der Waals surface area contributed by atoms with Crippen LogP contribution in [0, 0.1) is 23.2 Å². The van der Waals surface area contributed by atoms with Crippen molar-refractivity contribution in [3.05, 3.63) is 24.3 Å². The predicted molar refractivity (Wildman–Crippen MR) is 118 cm³/mol. The second-order valence-electron chi connectivity index (χ2n) is 10.4. The van der Waals surface area contributed by atoms with Gasteiger partial charge in [-0.25, -0.2) is 0 Å².